The number of rotatable bonds is 13. The Kier molecular flexibility index (Phi) is 13.3. The summed E-state index contributed by atoms with van der Waals surface area (Å²) in [6, 6.07) is 22.8. The summed E-state index contributed by atoms with van der Waals surface area (Å²) in [6.45, 7) is 59.1. The van der Waals surface area contributed by atoms with Crippen LogP contribution in [0.1, 0.15) is 88.4 Å². The van der Waals surface area contributed by atoms with Crippen molar-refractivity contribution in [2.75, 3.05) is 0 Å². The van der Waals surface area contributed by atoms with Crippen molar-refractivity contribution in [3.05, 3.63) is 88.0 Å². The van der Waals surface area contributed by atoms with Crippen molar-refractivity contribution in [1.29, 1.82) is 0 Å². The maximum absolute atomic E-state index is 8.10. The Morgan fingerprint density at radius 3 is 1.15 bits per heavy atom. The first-order chi connectivity index (χ1) is 24.3. The topological polar surface area (TPSA) is 9.23 Å². The van der Waals surface area contributed by atoms with E-state index in [1.165, 1.54) is 16.7 Å². The quantitative estimate of drug-likeness (QED) is 0.155. The Labute approximate surface area is 344 Å². The van der Waals surface area contributed by atoms with E-state index >= 15 is 0 Å². The summed E-state index contributed by atoms with van der Waals surface area (Å²) >= 11 is -3.93. The van der Waals surface area contributed by atoms with Crippen molar-refractivity contribution in [2.45, 2.75) is 179 Å². The molecule has 3 aromatic rings. The zero-order valence-corrected chi connectivity index (χ0v) is 47.3. The molecule has 0 saturated heterocycles. The van der Waals surface area contributed by atoms with Gasteiger partial charge in [0.2, 0.25) is 0 Å². The monoisotopic (exact) mass is 892 g/mol. The molecule has 1 heterocycles. The average molecular weight is 892 g/mol. The fraction of sp³-hybridized carbons (Fsp3) is 0.609. The summed E-state index contributed by atoms with van der Waals surface area (Å²) in [5, 5.41) is 1.94. The van der Waals surface area contributed by atoms with Crippen molar-refractivity contribution >= 4 is 75.2 Å². The summed E-state index contributed by atoms with van der Waals surface area (Å²) < 4.78 is 13.1. The number of fused-ring (bicyclic) bond motifs is 1. The molecule has 0 aliphatic carbocycles. The minimum atomic E-state index is -3.93. The second-order valence-corrected chi connectivity index (χ2v) is 64.6. The van der Waals surface area contributed by atoms with Gasteiger partial charge in [0.1, 0.15) is 0 Å². The Balaban J connectivity index is 2.56. The molecule has 1 atom stereocenters. The van der Waals surface area contributed by atoms with E-state index in [9.17, 15) is 0 Å². The van der Waals surface area contributed by atoms with Crippen LogP contribution in [0.4, 0.5) is 0 Å². The number of benzene rings is 3. The first kappa shape index (κ1) is 46.2. The van der Waals surface area contributed by atoms with Crippen LogP contribution in [-0.2, 0) is 10.4 Å². The predicted molar refractivity (Wildman–Crippen MR) is 265 cm³/mol. The second kappa shape index (κ2) is 15.6. The van der Waals surface area contributed by atoms with Crippen molar-refractivity contribution in [1.82, 2.24) is 0 Å². The van der Waals surface area contributed by atoms with Crippen LogP contribution >= 0.6 is 0 Å². The van der Waals surface area contributed by atoms with E-state index in [-0.39, 0.29) is 0 Å². The summed E-state index contributed by atoms with van der Waals surface area (Å²) in [6.07, 6.45) is 0. The first-order valence-corrected chi connectivity index (χ1v) is 46.8. The van der Waals surface area contributed by atoms with Crippen molar-refractivity contribution < 1.29 is 3.76 Å². The molecule has 54 heavy (non-hydrogen) atoms. The average Bonchev–Trinajstić information content (AvgIpc) is 3.32. The molecule has 1 nitrogen and oxygen atoms in total. The van der Waals surface area contributed by atoms with Gasteiger partial charge in [0.25, 0.3) is 0 Å². The van der Waals surface area contributed by atoms with Gasteiger partial charge in [0.05, 0.1) is 0 Å². The van der Waals surface area contributed by atoms with Crippen LogP contribution in [0.25, 0.3) is 0 Å². The Morgan fingerprint density at radius 1 is 0.444 bits per heavy atom. The molecule has 0 bridgehead atoms. The van der Waals surface area contributed by atoms with E-state index in [4.69, 9.17) is 3.76 Å². The molecule has 8 heteroatoms. The molecule has 0 saturated carbocycles. The zero-order chi connectivity index (χ0) is 41.4. The van der Waals surface area contributed by atoms with Crippen LogP contribution in [0.2, 0.25) is 118 Å². The molecule has 0 N–H and O–H groups in total. The van der Waals surface area contributed by atoms with Crippen molar-refractivity contribution in [2.24, 2.45) is 0 Å². The van der Waals surface area contributed by atoms with Crippen LogP contribution < -0.4 is 13.2 Å². The van der Waals surface area contributed by atoms with Gasteiger partial charge in [-0.15, -0.1) is 0 Å². The molecule has 4 rings (SSSR count). The van der Waals surface area contributed by atoms with E-state index in [0.717, 1.165) is 6.61 Å². The Bertz CT molecular complexity index is 1690. The van der Waals surface area contributed by atoms with Gasteiger partial charge in [-0.1, -0.05) is 0 Å². The van der Waals surface area contributed by atoms with Crippen LogP contribution in [0.15, 0.2) is 54.6 Å². The van der Waals surface area contributed by atoms with Gasteiger partial charge in [-0.2, -0.15) is 0 Å². The molecular weight excluding hydrogens is 810 g/mol. The molecule has 1 aliphatic heterocycles. The predicted octanol–water partition coefficient (Wildman–Crippen LogP) is 12.9. The van der Waals surface area contributed by atoms with Gasteiger partial charge >= 0.3 is 346 Å². The molecule has 1 aliphatic rings. The number of hydrogen-bond donors (Lipinski definition) is 0. The fourth-order valence-electron chi connectivity index (χ4n) is 12.3. The van der Waals surface area contributed by atoms with Crippen LogP contribution in [0.3, 0.4) is 0 Å². The van der Waals surface area contributed by atoms with Gasteiger partial charge in [-0.3, -0.25) is 0 Å². The van der Waals surface area contributed by atoms with E-state index in [1.54, 1.807) is 29.9 Å². The molecule has 300 valence electrons. The fourth-order valence-corrected chi connectivity index (χ4v) is 62.8. The SMILES string of the molecule is CC(C)c1cccc(C(C)C)[c]1[Ge]1([c]2c(C([Si](C)(C)C)[Si](C)(C)C)cc(C([Si](C)(C)C)[Si](C)(C)C)cc2C([Si](C)(C)C)[Si](C)(C)C)[O]Cc2cccc[c]21. The standard InChI is InChI=1S/C46H82GeOSi6/c1-33(2)37-27-25-28-38(34(3)4)42(37)47(41-29-24-23-26-35(41)32-48-47)43-39(45(51(11,12)13)52(14,15)16)30-36(44(49(5,6)7)50(8,9)10)31-40(43)46(53(17,18)19)54(20,21)22/h23-31,33-34,44-46H,32H2,1-22H3. The Hall–Kier alpha value is -0.536. The Morgan fingerprint density at radius 2 is 0.796 bits per heavy atom. The summed E-state index contributed by atoms with van der Waals surface area (Å²) in [5.41, 5.74) is 9.79. The molecule has 0 aromatic heterocycles. The third-order valence-electron chi connectivity index (χ3n) is 12.3. The molecule has 0 amide bonds. The normalized spacial score (nSPS) is 17.8. The van der Waals surface area contributed by atoms with Gasteiger partial charge in [-0.25, -0.2) is 0 Å². The molecule has 0 spiro atoms. The molecule has 0 fully saturated rings. The van der Waals surface area contributed by atoms with Gasteiger partial charge in [0, 0.05) is 0 Å². The van der Waals surface area contributed by atoms with Gasteiger partial charge in [0.15, 0.2) is 0 Å². The van der Waals surface area contributed by atoms with Crippen LogP contribution in [0.5, 0.6) is 0 Å². The summed E-state index contributed by atoms with van der Waals surface area (Å²) in [4.78, 5) is 0. The second-order valence-electron chi connectivity index (χ2n) is 24.3. The van der Waals surface area contributed by atoms with E-state index in [0.29, 0.717) is 27.3 Å². The van der Waals surface area contributed by atoms with Crippen molar-refractivity contribution in [3.8, 4) is 0 Å². The van der Waals surface area contributed by atoms with E-state index in [1.807, 2.05) is 0 Å². The third kappa shape index (κ3) is 9.03. The zero-order valence-electron chi connectivity index (χ0n) is 39.2. The molecule has 0 radical (unpaired) electrons. The molecular formula is C46H82GeOSi6. The molecule has 3 aromatic carbocycles. The van der Waals surface area contributed by atoms with E-state index in [2.05, 4.69) is 200 Å². The van der Waals surface area contributed by atoms with Crippen LogP contribution in [0, 0.1) is 0 Å². The van der Waals surface area contributed by atoms with Crippen molar-refractivity contribution in [3.63, 3.8) is 0 Å². The molecule has 1 unspecified atom stereocenters. The van der Waals surface area contributed by atoms with E-state index < -0.39 is 62.0 Å². The first-order valence-electron chi connectivity index (χ1n) is 21.3. The van der Waals surface area contributed by atoms with Crippen LogP contribution in [-0.4, -0.2) is 62.0 Å². The minimum absolute atomic E-state index is 0.418. The van der Waals surface area contributed by atoms with Gasteiger partial charge in [-0.05, 0) is 0 Å². The summed E-state index contributed by atoms with van der Waals surface area (Å²) in [5.74, 6) is 0.836. The van der Waals surface area contributed by atoms with Gasteiger partial charge < -0.3 is 0 Å². The third-order valence-corrected chi connectivity index (χ3v) is 49.4. The number of hydrogen-bond acceptors (Lipinski definition) is 1. The summed E-state index contributed by atoms with van der Waals surface area (Å²) in [7, 11) is -10.3. The maximum atomic E-state index is 8.10.